The topological polar surface area (TPSA) is 64.1 Å². The molecule has 0 aliphatic rings. The Labute approximate surface area is 94.9 Å². The molecule has 0 bridgehead atoms. The number of aliphatic hydroxyl groups excluding tert-OH is 1. The fourth-order valence-electron chi connectivity index (χ4n) is 1.27. The van der Waals surface area contributed by atoms with Gasteiger partial charge in [0.25, 0.3) is 0 Å². The van der Waals surface area contributed by atoms with Crippen LogP contribution in [0.3, 0.4) is 0 Å². The van der Waals surface area contributed by atoms with Gasteiger partial charge in [0, 0.05) is 25.5 Å². The molecule has 4 nitrogen and oxygen atoms in total. The summed E-state index contributed by atoms with van der Waals surface area (Å²) < 4.78 is 1.93. The van der Waals surface area contributed by atoms with E-state index >= 15 is 0 Å². The highest BCUT2D eigenvalue weighted by atomic mass is 32.2. The molecule has 15 heavy (non-hydrogen) atoms. The first-order valence-electron chi connectivity index (χ1n) is 5.06. The predicted molar refractivity (Wildman–Crippen MR) is 62.8 cm³/mol. The number of hydrogen-bond donors (Lipinski definition) is 2. The minimum Gasteiger partial charge on any atom is -0.395 e. The molecule has 2 unspecified atom stereocenters. The fraction of sp³-hybridized carbons (Fsp3) is 0.700. The molecular weight excluding hydrogens is 210 g/mol. The molecular formula is C10H19N3OS. The number of aliphatic hydroxyl groups is 1. The van der Waals surface area contributed by atoms with Crippen LogP contribution in [0.2, 0.25) is 0 Å². The summed E-state index contributed by atoms with van der Waals surface area (Å²) in [5, 5.41) is 10.2. The third kappa shape index (κ3) is 3.22. The van der Waals surface area contributed by atoms with Crippen LogP contribution in [0.15, 0.2) is 17.6 Å². The Morgan fingerprint density at radius 1 is 1.60 bits per heavy atom. The van der Waals surface area contributed by atoms with Crippen molar-refractivity contribution in [3.63, 3.8) is 0 Å². The second-order valence-electron chi connectivity index (χ2n) is 3.98. The van der Waals surface area contributed by atoms with Crippen molar-refractivity contribution in [3.05, 3.63) is 12.4 Å². The van der Waals surface area contributed by atoms with Gasteiger partial charge in [0.05, 0.1) is 11.9 Å². The molecule has 0 saturated heterocycles. The molecule has 3 N–H and O–H groups in total. The second-order valence-corrected chi connectivity index (χ2v) is 5.19. The Morgan fingerprint density at radius 2 is 2.27 bits per heavy atom. The standard InChI is InChI=1S/C10H19N3OS/c1-7(2)9(11)8(6-14)15-10-12-4-5-13(10)3/h4-5,7-9,14H,6,11H2,1-3H3. The van der Waals surface area contributed by atoms with Gasteiger partial charge in [-0.3, -0.25) is 0 Å². The Hall–Kier alpha value is -0.520. The smallest absolute Gasteiger partial charge is 0.168 e. The largest absolute Gasteiger partial charge is 0.395 e. The van der Waals surface area contributed by atoms with E-state index in [1.807, 2.05) is 17.8 Å². The third-order valence-corrected chi connectivity index (χ3v) is 3.78. The number of nitrogens with zero attached hydrogens (tertiary/aromatic N) is 2. The molecule has 1 rings (SSSR count). The van der Waals surface area contributed by atoms with Crippen molar-refractivity contribution < 1.29 is 5.11 Å². The van der Waals surface area contributed by atoms with Crippen LogP contribution in [0.5, 0.6) is 0 Å². The van der Waals surface area contributed by atoms with Gasteiger partial charge in [-0.15, -0.1) is 0 Å². The van der Waals surface area contributed by atoms with Crippen molar-refractivity contribution >= 4 is 11.8 Å². The Balaban J connectivity index is 2.65. The Kier molecular flexibility index (Phi) is 4.63. The van der Waals surface area contributed by atoms with Gasteiger partial charge in [0.1, 0.15) is 0 Å². The Morgan fingerprint density at radius 3 is 2.67 bits per heavy atom. The highest BCUT2D eigenvalue weighted by Crippen LogP contribution is 2.24. The lowest BCUT2D eigenvalue weighted by Gasteiger charge is -2.24. The van der Waals surface area contributed by atoms with E-state index < -0.39 is 0 Å². The summed E-state index contributed by atoms with van der Waals surface area (Å²) in [6.07, 6.45) is 3.63. The summed E-state index contributed by atoms with van der Waals surface area (Å²) in [5.74, 6) is 0.356. The lowest BCUT2D eigenvalue weighted by atomic mass is 10.0. The zero-order chi connectivity index (χ0) is 11.4. The van der Waals surface area contributed by atoms with Gasteiger partial charge >= 0.3 is 0 Å². The van der Waals surface area contributed by atoms with Gasteiger partial charge in [-0.2, -0.15) is 0 Å². The van der Waals surface area contributed by atoms with Crippen molar-refractivity contribution in [2.75, 3.05) is 6.61 Å². The molecule has 2 atom stereocenters. The van der Waals surface area contributed by atoms with Crippen LogP contribution in [-0.2, 0) is 7.05 Å². The number of thioether (sulfide) groups is 1. The van der Waals surface area contributed by atoms with Gasteiger partial charge in [-0.05, 0) is 5.92 Å². The molecule has 5 heteroatoms. The summed E-state index contributed by atoms with van der Waals surface area (Å²) in [7, 11) is 1.94. The molecule has 0 aliphatic carbocycles. The normalized spacial score (nSPS) is 15.6. The zero-order valence-electron chi connectivity index (χ0n) is 9.42. The minimum atomic E-state index is -0.0169. The van der Waals surface area contributed by atoms with Crippen molar-refractivity contribution in [1.29, 1.82) is 0 Å². The maximum atomic E-state index is 9.30. The summed E-state index contributed by atoms with van der Waals surface area (Å²) in [6, 6.07) is -0.0169. The first-order valence-corrected chi connectivity index (χ1v) is 5.94. The number of hydrogen-bond acceptors (Lipinski definition) is 4. The molecule has 0 fully saturated rings. The quantitative estimate of drug-likeness (QED) is 0.735. The third-order valence-electron chi connectivity index (χ3n) is 2.41. The maximum absolute atomic E-state index is 9.30. The monoisotopic (exact) mass is 229 g/mol. The fourth-order valence-corrected chi connectivity index (χ4v) is 2.43. The van der Waals surface area contributed by atoms with Crippen LogP contribution in [-0.4, -0.2) is 32.6 Å². The Bertz CT molecular complexity index is 301. The average Bonchev–Trinajstić information content (AvgIpc) is 2.59. The minimum absolute atomic E-state index is 0.00565. The number of rotatable bonds is 5. The molecule has 0 aromatic carbocycles. The molecule has 0 spiro atoms. The van der Waals surface area contributed by atoms with Crippen molar-refractivity contribution in [2.45, 2.75) is 30.3 Å². The van der Waals surface area contributed by atoms with Gasteiger partial charge in [0.15, 0.2) is 5.16 Å². The summed E-state index contributed by atoms with van der Waals surface area (Å²) >= 11 is 1.54. The SMILES string of the molecule is CC(C)C(N)C(CO)Sc1nccn1C. The molecule has 1 aromatic rings. The molecule has 86 valence electrons. The molecule has 0 radical (unpaired) electrons. The van der Waals surface area contributed by atoms with Gasteiger partial charge < -0.3 is 15.4 Å². The van der Waals surface area contributed by atoms with E-state index in [-0.39, 0.29) is 17.9 Å². The van der Waals surface area contributed by atoms with Crippen molar-refractivity contribution in [1.82, 2.24) is 9.55 Å². The highest BCUT2D eigenvalue weighted by molar-refractivity contribution is 7.99. The number of nitrogens with two attached hydrogens (primary N) is 1. The number of aromatic nitrogens is 2. The summed E-state index contributed by atoms with van der Waals surface area (Å²) in [5.41, 5.74) is 6.02. The molecule has 0 aliphatic heterocycles. The lowest BCUT2D eigenvalue weighted by molar-refractivity contribution is 0.269. The van der Waals surface area contributed by atoms with Crippen molar-refractivity contribution in [2.24, 2.45) is 18.7 Å². The van der Waals surface area contributed by atoms with Crippen LogP contribution in [0, 0.1) is 5.92 Å². The van der Waals surface area contributed by atoms with Gasteiger partial charge in [-0.1, -0.05) is 25.6 Å². The average molecular weight is 229 g/mol. The highest BCUT2D eigenvalue weighted by Gasteiger charge is 2.22. The van der Waals surface area contributed by atoms with Crippen LogP contribution >= 0.6 is 11.8 Å². The number of aryl methyl sites for hydroxylation is 1. The molecule has 1 heterocycles. The van der Waals surface area contributed by atoms with E-state index in [9.17, 15) is 5.11 Å². The van der Waals surface area contributed by atoms with Gasteiger partial charge in [0.2, 0.25) is 0 Å². The van der Waals surface area contributed by atoms with E-state index in [0.717, 1.165) is 5.16 Å². The van der Waals surface area contributed by atoms with Crippen LogP contribution in [0.1, 0.15) is 13.8 Å². The summed E-state index contributed by atoms with van der Waals surface area (Å²) in [6.45, 7) is 4.20. The van der Waals surface area contributed by atoms with E-state index in [1.165, 1.54) is 11.8 Å². The van der Waals surface area contributed by atoms with Crippen LogP contribution in [0.25, 0.3) is 0 Å². The number of imidazole rings is 1. The molecule has 0 amide bonds. The predicted octanol–water partition coefficient (Wildman–Crippen LogP) is 0.856. The summed E-state index contributed by atoms with van der Waals surface area (Å²) in [4.78, 5) is 4.20. The van der Waals surface area contributed by atoms with E-state index in [2.05, 4.69) is 18.8 Å². The van der Waals surface area contributed by atoms with Crippen LogP contribution < -0.4 is 5.73 Å². The van der Waals surface area contributed by atoms with E-state index in [1.54, 1.807) is 6.20 Å². The lowest BCUT2D eigenvalue weighted by Crippen LogP contribution is -2.39. The maximum Gasteiger partial charge on any atom is 0.168 e. The van der Waals surface area contributed by atoms with E-state index in [0.29, 0.717) is 5.92 Å². The zero-order valence-corrected chi connectivity index (χ0v) is 10.2. The van der Waals surface area contributed by atoms with Gasteiger partial charge in [-0.25, -0.2) is 4.98 Å². The molecule has 1 aromatic heterocycles. The molecule has 0 saturated carbocycles. The van der Waals surface area contributed by atoms with E-state index in [4.69, 9.17) is 5.73 Å². The second kappa shape index (κ2) is 5.53. The first kappa shape index (κ1) is 12.5. The van der Waals surface area contributed by atoms with Crippen molar-refractivity contribution in [3.8, 4) is 0 Å². The van der Waals surface area contributed by atoms with Crippen LogP contribution in [0.4, 0.5) is 0 Å². The first-order chi connectivity index (χ1) is 7.06.